The van der Waals surface area contributed by atoms with Crippen molar-refractivity contribution in [3.63, 3.8) is 0 Å². The third kappa shape index (κ3) is 5.33. The van der Waals surface area contributed by atoms with E-state index in [-0.39, 0.29) is 24.5 Å². The number of sulfonamides is 1. The first-order valence-electron chi connectivity index (χ1n) is 10.00. The van der Waals surface area contributed by atoms with Gasteiger partial charge in [-0.15, -0.1) is 0 Å². The average Bonchev–Trinajstić information content (AvgIpc) is 3.23. The highest BCUT2D eigenvalue weighted by Gasteiger charge is 2.36. The first-order valence-corrected chi connectivity index (χ1v) is 11.4. The molecule has 2 amide bonds. The molecule has 1 aromatic heterocycles. The van der Waals surface area contributed by atoms with E-state index < -0.39 is 28.1 Å². The van der Waals surface area contributed by atoms with Crippen LogP contribution in [0, 0.1) is 20.8 Å². The van der Waals surface area contributed by atoms with Crippen LogP contribution in [-0.4, -0.2) is 50.5 Å². The summed E-state index contributed by atoms with van der Waals surface area (Å²) < 4.78 is 38.8. The number of rotatable bonds is 6. The Balaban J connectivity index is 1.68. The van der Waals surface area contributed by atoms with Crippen LogP contribution in [0.3, 0.4) is 0 Å². The molecular formula is C21H27N3O6S. The SMILES string of the molecule is Cc1cc(C)c(S(=O)(=O)N2CCCO[C@@H]2CNC(=O)C(=O)NCc2ccco2)c(C)c1. The van der Waals surface area contributed by atoms with Gasteiger partial charge in [0.25, 0.3) is 0 Å². The smallest absolute Gasteiger partial charge is 0.309 e. The lowest BCUT2D eigenvalue weighted by molar-refractivity contribution is -0.140. The van der Waals surface area contributed by atoms with E-state index in [9.17, 15) is 18.0 Å². The van der Waals surface area contributed by atoms with Crippen molar-refractivity contribution < 1.29 is 27.2 Å². The summed E-state index contributed by atoms with van der Waals surface area (Å²) in [4.78, 5) is 24.4. The van der Waals surface area contributed by atoms with Gasteiger partial charge in [0.1, 0.15) is 12.0 Å². The molecule has 0 unspecified atom stereocenters. The number of aryl methyl sites for hydroxylation is 3. The third-order valence-corrected chi connectivity index (χ3v) is 7.17. The summed E-state index contributed by atoms with van der Waals surface area (Å²) in [6, 6.07) is 7.00. The minimum atomic E-state index is -3.85. The second-order valence-electron chi connectivity index (χ2n) is 7.49. The second kappa shape index (κ2) is 9.63. The maximum absolute atomic E-state index is 13.4. The molecule has 168 valence electrons. The number of furan rings is 1. The van der Waals surface area contributed by atoms with Crippen molar-refractivity contribution in [3.05, 3.63) is 53.0 Å². The van der Waals surface area contributed by atoms with Crippen LogP contribution in [0.5, 0.6) is 0 Å². The van der Waals surface area contributed by atoms with Gasteiger partial charge in [0.15, 0.2) is 0 Å². The topological polar surface area (TPSA) is 118 Å². The quantitative estimate of drug-likeness (QED) is 0.643. The van der Waals surface area contributed by atoms with Crippen LogP contribution in [0.15, 0.2) is 39.8 Å². The van der Waals surface area contributed by atoms with Crippen LogP contribution in [0.25, 0.3) is 0 Å². The van der Waals surface area contributed by atoms with Crippen LogP contribution < -0.4 is 10.6 Å². The van der Waals surface area contributed by atoms with Gasteiger partial charge in [-0.05, 0) is 50.5 Å². The first-order chi connectivity index (χ1) is 14.7. The number of nitrogens with one attached hydrogen (secondary N) is 2. The fraction of sp³-hybridized carbons (Fsp3) is 0.429. The Morgan fingerprint density at radius 1 is 1.13 bits per heavy atom. The molecule has 10 heteroatoms. The minimum absolute atomic E-state index is 0.0751. The normalized spacial score (nSPS) is 17.3. The van der Waals surface area contributed by atoms with Crippen LogP contribution in [0.4, 0.5) is 0 Å². The summed E-state index contributed by atoms with van der Waals surface area (Å²) in [5, 5.41) is 4.90. The lowest BCUT2D eigenvalue weighted by Crippen LogP contribution is -2.53. The third-order valence-electron chi connectivity index (χ3n) is 4.97. The molecule has 0 spiro atoms. The molecule has 1 aliphatic rings. The Kier molecular flexibility index (Phi) is 7.14. The molecule has 1 atom stereocenters. The van der Waals surface area contributed by atoms with Gasteiger partial charge < -0.3 is 19.8 Å². The molecule has 31 heavy (non-hydrogen) atoms. The molecular weight excluding hydrogens is 422 g/mol. The zero-order chi connectivity index (χ0) is 22.6. The summed E-state index contributed by atoms with van der Waals surface area (Å²) in [5.41, 5.74) is 2.29. The van der Waals surface area contributed by atoms with E-state index >= 15 is 0 Å². The zero-order valence-electron chi connectivity index (χ0n) is 17.8. The van der Waals surface area contributed by atoms with E-state index in [1.165, 1.54) is 10.6 Å². The molecule has 1 saturated heterocycles. The second-order valence-corrected chi connectivity index (χ2v) is 9.32. The molecule has 1 fully saturated rings. The van der Waals surface area contributed by atoms with Crippen LogP contribution >= 0.6 is 0 Å². The molecule has 2 aromatic rings. The number of amides is 2. The molecule has 0 aliphatic carbocycles. The summed E-state index contributed by atoms with van der Waals surface area (Å²) in [6.07, 6.45) is 1.10. The van der Waals surface area contributed by atoms with E-state index in [1.807, 2.05) is 19.1 Å². The van der Waals surface area contributed by atoms with Crippen molar-refractivity contribution in [1.29, 1.82) is 0 Å². The van der Waals surface area contributed by atoms with Crippen LogP contribution in [0.1, 0.15) is 28.9 Å². The molecule has 1 aromatic carbocycles. The van der Waals surface area contributed by atoms with Crippen molar-refractivity contribution in [2.24, 2.45) is 0 Å². The van der Waals surface area contributed by atoms with Crippen molar-refractivity contribution >= 4 is 21.8 Å². The van der Waals surface area contributed by atoms with E-state index in [0.29, 0.717) is 29.9 Å². The van der Waals surface area contributed by atoms with Gasteiger partial charge in [0.05, 0.1) is 30.9 Å². The lowest BCUT2D eigenvalue weighted by Gasteiger charge is -2.35. The Morgan fingerprint density at radius 3 is 2.45 bits per heavy atom. The number of nitrogens with zero attached hydrogens (tertiary/aromatic N) is 1. The van der Waals surface area contributed by atoms with Gasteiger partial charge in [-0.3, -0.25) is 9.59 Å². The number of benzene rings is 1. The van der Waals surface area contributed by atoms with Gasteiger partial charge >= 0.3 is 11.8 Å². The average molecular weight is 450 g/mol. The highest BCUT2D eigenvalue weighted by molar-refractivity contribution is 7.89. The summed E-state index contributed by atoms with van der Waals surface area (Å²) in [5.74, 6) is -1.20. The fourth-order valence-corrected chi connectivity index (χ4v) is 5.70. The van der Waals surface area contributed by atoms with Crippen LogP contribution in [-0.2, 0) is 30.9 Å². The van der Waals surface area contributed by atoms with E-state index in [2.05, 4.69) is 10.6 Å². The Hall–Kier alpha value is -2.69. The van der Waals surface area contributed by atoms with Crippen molar-refractivity contribution in [3.8, 4) is 0 Å². The molecule has 0 bridgehead atoms. The molecule has 2 N–H and O–H groups in total. The predicted molar refractivity (Wildman–Crippen MR) is 112 cm³/mol. The lowest BCUT2D eigenvalue weighted by atomic mass is 10.1. The maximum Gasteiger partial charge on any atom is 0.309 e. The first kappa shape index (κ1) is 23.0. The molecule has 9 nitrogen and oxygen atoms in total. The number of hydrogen-bond acceptors (Lipinski definition) is 6. The predicted octanol–water partition coefficient (Wildman–Crippen LogP) is 1.37. The molecule has 1 aliphatic heterocycles. The zero-order valence-corrected chi connectivity index (χ0v) is 18.6. The number of carbonyl (C=O) groups excluding carboxylic acids is 2. The van der Waals surface area contributed by atoms with E-state index in [4.69, 9.17) is 9.15 Å². The van der Waals surface area contributed by atoms with Gasteiger partial charge in [-0.2, -0.15) is 4.31 Å². The van der Waals surface area contributed by atoms with Crippen molar-refractivity contribution in [2.75, 3.05) is 19.7 Å². The van der Waals surface area contributed by atoms with Crippen molar-refractivity contribution in [2.45, 2.75) is 44.9 Å². The number of ether oxygens (including phenoxy) is 1. The Labute approximate surface area is 181 Å². The number of carbonyl (C=O) groups is 2. The van der Waals surface area contributed by atoms with Crippen LogP contribution in [0.2, 0.25) is 0 Å². The highest BCUT2D eigenvalue weighted by atomic mass is 32.2. The standard InChI is InChI=1S/C21H27N3O6S/c1-14-10-15(2)19(16(3)11-14)31(27,28)24-7-5-9-30-18(24)13-23-21(26)20(25)22-12-17-6-4-8-29-17/h4,6,8,10-11,18H,5,7,9,12-13H2,1-3H3,(H,22,25)(H,23,26)/t18-/m1/s1. The van der Waals surface area contributed by atoms with Gasteiger partial charge in [0, 0.05) is 6.54 Å². The van der Waals surface area contributed by atoms with Gasteiger partial charge in [-0.25, -0.2) is 8.42 Å². The summed E-state index contributed by atoms with van der Waals surface area (Å²) in [7, 11) is -3.85. The summed E-state index contributed by atoms with van der Waals surface area (Å²) in [6.45, 7) is 6.00. The number of hydrogen-bond donors (Lipinski definition) is 2. The highest BCUT2D eigenvalue weighted by Crippen LogP contribution is 2.28. The van der Waals surface area contributed by atoms with Gasteiger partial charge in [-0.1, -0.05) is 17.7 Å². The molecule has 0 radical (unpaired) electrons. The van der Waals surface area contributed by atoms with E-state index in [1.54, 1.807) is 26.0 Å². The Bertz CT molecular complexity index is 1030. The Morgan fingerprint density at radius 2 is 1.81 bits per heavy atom. The van der Waals surface area contributed by atoms with Gasteiger partial charge in [0.2, 0.25) is 10.0 Å². The molecule has 0 saturated carbocycles. The molecule has 3 rings (SSSR count). The minimum Gasteiger partial charge on any atom is -0.467 e. The van der Waals surface area contributed by atoms with Crippen molar-refractivity contribution in [1.82, 2.24) is 14.9 Å². The molecule has 2 heterocycles. The monoisotopic (exact) mass is 449 g/mol. The van der Waals surface area contributed by atoms with E-state index in [0.717, 1.165) is 5.56 Å². The summed E-state index contributed by atoms with van der Waals surface area (Å²) >= 11 is 0. The fourth-order valence-electron chi connectivity index (χ4n) is 3.71. The maximum atomic E-state index is 13.4. The largest absolute Gasteiger partial charge is 0.467 e.